The van der Waals surface area contributed by atoms with Gasteiger partial charge in [-0.1, -0.05) is 37.3 Å². The molecular weight excluding hydrogens is 146 g/mol. The van der Waals surface area contributed by atoms with Crippen LogP contribution in [0.25, 0.3) is 0 Å². The first-order valence-electron chi connectivity index (χ1n) is 4.16. The summed E-state index contributed by atoms with van der Waals surface area (Å²) in [6, 6.07) is 10.5. The van der Waals surface area contributed by atoms with E-state index in [0.29, 0.717) is 5.92 Å². The number of hydrogen-bond acceptors (Lipinski definition) is 1. The van der Waals surface area contributed by atoms with Crippen molar-refractivity contribution in [3.63, 3.8) is 0 Å². The van der Waals surface area contributed by atoms with Crippen LogP contribution in [0.2, 0.25) is 0 Å². The van der Waals surface area contributed by atoms with E-state index >= 15 is 0 Å². The van der Waals surface area contributed by atoms with Crippen LogP contribution in [0, 0.1) is 0 Å². The minimum Gasteiger partial charge on any atom is -0.264 e. The Labute approximate surface area is 72.5 Å². The van der Waals surface area contributed by atoms with E-state index in [1.54, 1.807) is 0 Å². The molecule has 1 aliphatic rings. The summed E-state index contributed by atoms with van der Waals surface area (Å²) in [6.07, 6.45) is 3.86. The molecule has 2 rings (SSSR count). The predicted octanol–water partition coefficient (Wildman–Crippen LogP) is 2.76. The molecule has 1 heteroatoms. The second kappa shape index (κ2) is 2.94. The fourth-order valence-electron chi connectivity index (χ4n) is 1.32. The van der Waals surface area contributed by atoms with Gasteiger partial charge in [-0.05, 0) is 11.1 Å². The van der Waals surface area contributed by atoms with Gasteiger partial charge in [0, 0.05) is 18.3 Å². The van der Waals surface area contributed by atoms with Gasteiger partial charge in [-0.25, -0.2) is 0 Å². The Bertz CT molecular complexity index is 322. The molecule has 0 aliphatic carbocycles. The summed E-state index contributed by atoms with van der Waals surface area (Å²) in [6.45, 7) is 2.20. The molecule has 0 amide bonds. The lowest BCUT2D eigenvalue weighted by Gasteiger charge is -2.15. The summed E-state index contributed by atoms with van der Waals surface area (Å²) in [5.41, 5.74) is 2.68. The molecule has 1 heterocycles. The second-order valence-electron chi connectivity index (χ2n) is 3.04. The highest BCUT2D eigenvalue weighted by Crippen LogP contribution is 2.24. The van der Waals surface area contributed by atoms with Crippen LogP contribution in [0.1, 0.15) is 18.4 Å². The van der Waals surface area contributed by atoms with E-state index in [0.717, 1.165) is 0 Å². The molecule has 1 aliphatic heterocycles. The third-order valence-electron chi connectivity index (χ3n) is 2.25. The van der Waals surface area contributed by atoms with E-state index in [4.69, 9.17) is 0 Å². The minimum absolute atomic E-state index is 0.490. The van der Waals surface area contributed by atoms with Gasteiger partial charge >= 0.3 is 0 Å². The Kier molecular flexibility index (Phi) is 1.78. The highest BCUT2D eigenvalue weighted by Gasteiger charge is 2.11. The van der Waals surface area contributed by atoms with Crippen molar-refractivity contribution in [1.82, 2.24) is 0 Å². The maximum atomic E-state index is 3.96. The van der Waals surface area contributed by atoms with Crippen molar-refractivity contribution >= 4 is 6.21 Å². The van der Waals surface area contributed by atoms with Crippen molar-refractivity contribution in [2.45, 2.75) is 12.8 Å². The van der Waals surface area contributed by atoms with Gasteiger partial charge in [0.05, 0.1) is 0 Å². The molecule has 1 aromatic rings. The first kappa shape index (κ1) is 7.29. The summed E-state index contributed by atoms with van der Waals surface area (Å²) in [7, 11) is 0. The van der Waals surface area contributed by atoms with Gasteiger partial charge in [0.2, 0.25) is 0 Å². The average molecular weight is 157 g/mol. The fourth-order valence-corrected chi connectivity index (χ4v) is 1.32. The Hall–Kier alpha value is -1.37. The van der Waals surface area contributed by atoms with Crippen LogP contribution in [-0.4, -0.2) is 6.21 Å². The molecule has 0 radical (unpaired) electrons. The highest BCUT2D eigenvalue weighted by molar-refractivity contribution is 5.86. The number of aliphatic imine (C=N–C) groups is 1. The molecule has 1 atom stereocenters. The lowest BCUT2D eigenvalue weighted by molar-refractivity contribution is 0.924. The first-order valence-corrected chi connectivity index (χ1v) is 4.16. The zero-order chi connectivity index (χ0) is 8.39. The molecule has 12 heavy (non-hydrogen) atoms. The van der Waals surface area contributed by atoms with Crippen LogP contribution in [0.3, 0.4) is 0 Å². The average Bonchev–Trinajstić information content (AvgIpc) is 2.03. The van der Waals surface area contributed by atoms with Gasteiger partial charge in [-0.3, -0.25) is 4.99 Å². The van der Waals surface area contributed by atoms with Crippen LogP contribution in [-0.2, 0) is 0 Å². The second-order valence-corrected chi connectivity index (χ2v) is 3.04. The third-order valence-corrected chi connectivity index (χ3v) is 2.25. The molecule has 0 fully saturated rings. The number of allylic oxidation sites excluding steroid dienone is 1. The van der Waals surface area contributed by atoms with Gasteiger partial charge in [0.1, 0.15) is 0 Å². The first-order chi connectivity index (χ1) is 5.88. The van der Waals surface area contributed by atoms with Crippen molar-refractivity contribution in [3.05, 3.63) is 47.7 Å². The molecule has 0 aromatic heterocycles. The van der Waals surface area contributed by atoms with E-state index in [2.05, 4.69) is 36.2 Å². The molecule has 0 saturated heterocycles. The summed E-state index contributed by atoms with van der Waals surface area (Å²) >= 11 is 0. The van der Waals surface area contributed by atoms with Crippen LogP contribution < -0.4 is 0 Å². The quantitative estimate of drug-likeness (QED) is 0.626. The largest absolute Gasteiger partial charge is 0.264 e. The molecule has 0 N–H and O–H groups in total. The topological polar surface area (TPSA) is 12.4 Å². The molecule has 1 unspecified atom stereocenters. The van der Waals surface area contributed by atoms with Crippen molar-refractivity contribution in [3.8, 4) is 0 Å². The van der Waals surface area contributed by atoms with E-state index < -0.39 is 0 Å². The van der Waals surface area contributed by atoms with Crippen molar-refractivity contribution in [2.75, 3.05) is 0 Å². The maximum absolute atomic E-state index is 3.96. The van der Waals surface area contributed by atoms with E-state index in [1.807, 2.05) is 18.5 Å². The van der Waals surface area contributed by atoms with Gasteiger partial charge < -0.3 is 0 Å². The molecule has 1 nitrogen and oxygen atoms in total. The standard InChI is InChI=1S/C11H11N/c1-9(11-7-12-8-11)10-5-3-2-4-6-10/h2-9H,1H3. The summed E-state index contributed by atoms with van der Waals surface area (Å²) < 4.78 is 0. The molecule has 0 spiro atoms. The van der Waals surface area contributed by atoms with Gasteiger partial charge in [0.25, 0.3) is 0 Å². The predicted molar refractivity (Wildman–Crippen MR) is 51.4 cm³/mol. The monoisotopic (exact) mass is 157 g/mol. The SMILES string of the molecule is CC(C1=CN=C1)c1ccccc1. The van der Waals surface area contributed by atoms with E-state index in [9.17, 15) is 0 Å². The van der Waals surface area contributed by atoms with Crippen molar-refractivity contribution in [1.29, 1.82) is 0 Å². The number of nitrogens with zero attached hydrogens (tertiary/aromatic N) is 1. The minimum atomic E-state index is 0.490. The summed E-state index contributed by atoms with van der Waals surface area (Å²) in [5, 5.41) is 0. The summed E-state index contributed by atoms with van der Waals surface area (Å²) in [4.78, 5) is 3.96. The fraction of sp³-hybridized carbons (Fsp3) is 0.182. The Morgan fingerprint density at radius 1 is 1.17 bits per heavy atom. The number of hydrogen-bond donors (Lipinski definition) is 0. The lowest BCUT2D eigenvalue weighted by Crippen LogP contribution is -2.03. The zero-order valence-corrected chi connectivity index (χ0v) is 7.07. The summed E-state index contributed by atoms with van der Waals surface area (Å²) in [5.74, 6) is 0.490. The number of benzene rings is 1. The highest BCUT2D eigenvalue weighted by atomic mass is 14.7. The van der Waals surface area contributed by atoms with Crippen molar-refractivity contribution < 1.29 is 0 Å². The van der Waals surface area contributed by atoms with Crippen LogP contribution in [0.15, 0.2) is 47.1 Å². The normalized spacial score (nSPS) is 16.6. The van der Waals surface area contributed by atoms with Gasteiger partial charge in [0.15, 0.2) is 0 Å². The smallest absolute Gasteiger partial charge is 0.0321 e. The van der Waals surface area contributed by atoms with Crippen molar-refractivity contribution in [2.24, 2.45) is 4.99 Å². The van der Waals surface area contributed by atoms with Crippen LogP contribution >= 0.6 is 0 Å². The van der Waals surface area contributed by atoms with Crippen LogP contribution in [0.4, 0.5) is 0 Å². The van der Waals surface area contributed by atoms with Crippen LogP contribution in [0.5, 0.6) is 0 Å². The molecule has 1 aromatic carbocycles. The molecule has 0 bridgehead atoms. The van der Waals surface area contributed by atoms with Gasteiger partial charge in [-0.2, -0.15) is 0 Å². The molecule has 0 saturated carbocycles. The maximum Gasteiger partial charge on any atom is 0.0321 e. The Morgan fingerprint density at radius 2 is 1.83 bits per heavy atom. The number of rotatable bonds is 2. The molecule has 60 valence electrons. The molecular formula is C11H11N. The van der Waals surface area contributed by atoms with E-state index in [1.165, 1.54) is 11.1 Å². The zero-order valence-electron chi connectivity index (χ0n) is 7.07. The Morgan fingerprint density at radius 3 is 2.33 bits per heavy atom. The van der Waals surface area contributed by atoms with Gasteiger partial charge in [-0.15, -0.1) is 0 Å². The van der Waals surface area contributed by atoms with E-state index in [-0.39, 0.29) is 0 Å². The Balaban J connectivity index is 2.20. The lowest BCUT2D eigenvalue weighted by atomic mass is 9.93. The third kappa shape index (κ3) is 1.18.